The van der Waals surface area contributed by atoms with Gasteiger partial charge in [-0.05, 0) is 120 Å². The summed E-state index contributed by atoms with van der Waals surface area (Å²) in [4.78, 5) is 15.9. The summed E-state index contributed by atoms with van der Waals surface area (Å²) in [6.07, 6.45) is 8.68. The first kappa shape index (κ1) is 32.4. The van der Waals surface area contributed by atoms with E-state index in [9.17, 15) is 9.90 Å². The number of benzene rings is 1. The van der Waals surface area contributed by atoms with E-state index in [0.717, 1.165) is 95.6 Å². The Morgan fingerprint density at radius 2 is 1.65 bits per heavy atom. The molecule has 1 aromatic heterocycles. The third-order valence-corrected chi connectivity index (χ3v) is 15.9. The van der Waals surface area contributed by atoms with Crippen LogP contribution in [0.3, 0.4) is 0 Å². The van der Waals surface area contributed by atoms with E-state index in [4.69, 9.17) is 15.6 Å². The first-order chi connectivity index (χ1) is 22.6. The van der Waals surface area contributed by atoms with Crippen LogP contribution in [0.25, 0.3) is 5.57 Å². The molecule has 2 heterocycles. The maximum atomic E-state index is 13.5. The van der Waals surface area contributed by atoms with Crippen LogP contribution >= 0.6 is 0 Å². The van der Waals surface area contributed by atoms with E-state index in [2.05, 4.69) is 82.7 Å². The Kier molecular flexibility index (Phi) is 7.00. The zero-order chi connectivity index (χ0) is 34.1. The van der Waals surface area contributed by atoms with E-state index in [1.165, 1.54) is 28.0 Å². The molecule has 7 atom stereocenters. The first-order valence-electron chi connectivity index (χ1n) is 18.8. The predicted molar refractivity (Wildman–Crippen MR) is 192 cm³/mol. The molecule has 7 nitrogen and oxygen atoms in total. The van der Waals surface area contributed by atoms with Gasteiger partial charge < -0.3 is 20.5 Å². The highest BCUT2D eigenvalue weighted by Crippen LogP contribution is 2.77. The molecular weight excluding hydrogens is 596 g/mol. The number of nitrogens with one attached hydrogen (secondary N) is 1. The van der Waals surface area contributed by atoms with Gasteiger partial charge in [0.25, 0.3) is 0 Å². The van der Waals surface area contributed by atoms with Gasteiger partial charge in [-0.2, -0.15) is 5.10 Å². The lowest BCUT2D eigenvalue weighted by molar-refractivity contribution is -0.175. The number of aromatic amines is 1. The summed E-state index contributed by atoms with van der Waals surface area (Å²) in [5.41, 5.74) is 13.9. The van der Waals surface area contributed by atoms with Gasteiger partial charge in [0.05, 0.1) is 24.3 Å². The Bertz CT molecular complexity index is 1670. The second-order valence-electron chi connectivity index (χ2n) is 18.9. The second kappa shape index (κ2) is 10.4. The maximum absolute atomic E-state index is 13.5. The van der Waals surface area contributed by atoms with Crippen LogP contribution in [0.1, 0.15) is 117 Å². The van der Waals surface area contributed by atoms with Gasteiger partial charge >= 0.3 is 5.97 Å². The number of rotatable bonds is 3. The number of nitrogens with two attached hydrogens (primary N) is 1. The molecule has 0 amide bonds. The highest BCUT2D eigenvalue weighted by atomic mass is 16.5. The lowest BCUT2D eigenvalue weighted by Crippen LogP contribution is -2.65. The number of carboxylic acids is 1. The van der Waals surface area contributed by atoms with Crippen molar-refractivity contribution >= 4 is 23.0 Å². The summed E-state index contributed by atoms with van der Waals surface area (Å²) in [5.74, 6) is 1.13. The standard InChI is InChI=1S/C41H58N4O3/c1-36(2)14-16-41(35(46)47)17-15-40(7)32(29(41)24-36)27(25-8-10-26(11-9-25)45-18-20-48-21-19-45)22-31-38(5)23-28-33(43-44-34(28)42)37(3,4)30(38)12-13-39(31,40)6/h8-11,29-31H,12-24H2,1-7H3,(H,46,47)(H3,42,43,44)/t29?,30?,31?,38-,39+,40+,41-/m0/s1. The van der Waals surface area contributed by atoms with E-state index < -0.39 is 11.4 Å². The molecule has 5 aliphatic carbocycles. The van der Waals surface area contributed by atoms with Crippen LogP contribution in [0, 0.1) is 44.8 Å². The number of hydrogen-bond donors (Lipinski definition) is 3. The minimum atomic E-state index is -0.680. The van der Waals surface area contributed by atoms with Crippen LogP contribution < -0.4 is 10.6 Å². The molecule has 0 bridgehead atoms. The SMILES string of the molecule is CC1(C)CC[C@]2(C(=O)O)CC[C@]3(C)C(=C(c4ccc(N5CCOCC5)cc4)CC4[C@@]5(C)Cc6c(n[nH]c6N)C(C)(C)C5CC[C@]43C)C2C1. The molecule has 0 radical (unpaired) electrons. The van der Waals surface area contributed by atoms with Gasteiger partial charge in [-0.3, -0.25) is 9.89 Å². The molecule has 0 spiro atoms. The molecule has 8 rings (SSSR count). The molecule has 4 fully saturated rings. The molecule has 2 aromatic rings. The third kappa shape index (κ3) is 4.21. The number of aromatic nitrogens is 2. The Morgan fingerprint density at radius 3 is 2.33 bits per heavy atom. The summed E-state index contributed by atoms with van der Waals surface area (Å²) >= 11 is 0. The fourth-order valence-electron chi connectivity index (χ4n) is 13.1. The average molecular weight is 655 g/mol. The zero-order valence-electron chi connectivity index (χ0n) is 30.5. The van der Waals surface area contributed by atoms with E-state index >= 15 is 0 Å². The molecular formula is C41H58N4O3. The largest absolute Gasteiger partial charge is 0.481 e. The van der Waals surface area contributed by atoms with Gasteiger partial charge in [0.2, 0.25) is 0 Å². The van der Waals surface area contributed by atoms with Crippen molar-refractivity contribution in [1.82, 2.24) is 10.2 Å². The van der Waals surface area contributed by atoms with Gasteiger partial charge in [0.1, 0.15) is 5.82 Å². The molecule has 3 saturated carbocycles. The summed E-state index contributed by atoms with van der Waals surface area (Å²) in [7, 11) is 0. The van der Waals surface area contributed by atoms with Crippen molar-refractivity contribution in [3.05, 3.63) is 46.7 Å². The molecule has 1 saturated heterocycles. The van der Waals surface area contributed by atoms with Crippen LogP contribution in [0.4, 0.5) is 11.5 Å². The van der Waals surface area contributed by atoms with E-state index in [0.29, 0.717) is 11.8 Å². The van der Waals surface area contributed by atoms with Gasteiger partial charge in [-0.15, -0.1) is 0 Å². The summed E-state index contributed by atoms with van der Waals surface area (Å²) in [5, 5.41) is 19.1. The number of allylic oxidation sites excluding steroid dienone is 2. The Labute approximate surface area is 287 Å². The molecule has 6 aliphatic rings. The van der Waals surface area contributed by atoms with Crippen LogP contribution in [-0.4, -0.2) is 47.6 Å². The fourth-order valence-corrected chi connectivity index (χ4v) is 13.1. The number of anilines is 2. The van der Waals surface area contributed by atoms with Crippen molar-refractivity contribution in [3.63, 3.8) is 0 Å². The van der Waals surface area contributed by atoms with Gasteiger partial charge in [-0.25, -0.2) is 0 Å². The molecule has 7 heteroatoms. The van der Waals surface area contributed by atoms with E-state index in [1.54, 1.807) is 0 Å². The summed E-state index contributed by atoms with van der Waals surface area (Å²) < 4.78 is 5.65. The fraction of sp³-hybridized carbons (Fsp3) is 0.707. The normalized spacial score (nSPS) is 39.8. The first-order valence-corrected chi connectivity index (χ1v) is 18.8. The van der Waals surface area contributed by atoms with Gasteiger partial charge in [0.15, 0.2) is 0 Å². The molecule has 3 unspecified atom stereocenters. The van der Waals surface area contributed by atoms with Crippen molar-refractivity contribution < 1.29 is 14.6 Å². The molecule has 1 aromatic carbocycles. The minimum absolute atomic E-state index is 0.0300. The topological polar surface area (TPSA) is 104 Å². The van der Waals surface area contributed by atoms with Gasteiger partial charge in [-0.1, -0.05) is 66.2 Å². The van der Waals surface area contributed by atoms with Crippen LogP contribution in [0.5, 0.6) is 0 Å². The number of aliphatic carboxylic acids is 1. The Balaban J connectivity index is 1.33. The Morgan fingerprint density at radius 1 is 0.958 bits per heavy atom. The van der Waals surface area contributed by atoms with Crippen molar-refractivity contribution in [2.75, 3.05) is 36.9 Å². The summed E-state index contributed by atoms with van der Waals surface area (Å²) in [6.45, 7) is 20.7. The number of carboxylic acid groups (broad SMARTS) is 1. The second-order valence-corrected chi connectivity index (χ2v) is 18.9. The number of fused-ring (bicyclic) bond motifs is 8. The van der Waals surface area contributed by atoms with Crippen LogP contribution in [0.2, 0.25) is 0 Å². The van der Waals surface area contributed by atoms with E-state index in [-0.39, 0.29) is 33.0 Å². The van der Waals surface area contributed by atoms with Crippen LogP contribution in [0.15, 0.2) is 29.8 Å². The average Bonchev–Trinajstić information content (AvgIpc) is 3.41. The lowest BCUT2D eigenvalue weighted by atomic mass is 9.33. The quantitative estimate of drug-likeness (QED) is 0.308. The van der Waals surface area contributed by atoms with Crippen molar-refractivity contribution in [2.45, 2.75) is 112 Å². The van der Waals surface area contributed by atoms with Crippen molar-refractivity contribution in [1.29, 1.82) is 0 Å². The number of hydrogen-bond acceptors (Lipinski definition) is 5. The zero-order valence-corrected chi connectivity index (χ0v) is 30.5. The van der Waals surface area contributed by atoms with Crippen molar-refractivity contribution in [3.8, 4) is 0 Å². The van der Waals surface area contributed by atoms with Crippen LogP contribution in [-0.2, 0) is 21.4 Å². The smallest absolute Gasteiger partial charge is 0.310 e. The molecule has 4 N–H and O–H groups in total. The maximum Gasteiger partial charge on any atom is 0.310 e. The van der Waals surface area contributed by atoms with Gasteiger partial charge in [0, 0.05) is 29.8 Å². The number of ether oxygens (including phenoxy) is 1. The summed E-state index contributed by atoms with van der Waals surface area (Å²) in [6, 6.07) is 9.34. The van der Waals surface area contributed by atoms with E-state index in [1.807, 2.05) is 0 Å². The lowest BCUT2D eigenvalue weighted by Gasteiger charge is -2.71. The third-order valence-electron chi connectivity index (χ3n) is 15.9. The number of nitrogen functional groups attached to an aromatic ring is 1. The minimum Gasteiger partial charge on any atom is -0.481 e. The number of morpholine rings is 1. The van der Waals surface area contributed by atoms with Crippen molar-refractivity contribution in [2.24, 2.45) is 44.8 Å². The molecule has 1 aliphatic heterocycles. The predicted octanol–water partition coefficient (Wildman–Crippen LogP) is 8.26. The highest BCUT2D eigenvalue weighted by molar-refractivity contribution is 5.80. The number of carbonyl (C=O) groups is 1. The molecule has 260 valence electrons. The number of H-pyrrole nitrogens is 1. The highest BCUT2D eigenvalue weighted by Gasteiger charge is 2.70. The Hall–Kier alpha value is -2.80. The molecule has 48 heavy (non-hydrogen) atoms. The number of nitrogens with zero attached hydrogens (tertiary/aromatic N) is 2. The monoisotopic (exact) mass is 654 g/mol.